The van der Waals surface area contributed by atoms with Crippen molar-refractivity contribution in [3.05, 3.63) is 56.8 Å². The van der Waals surface area contributed by atoms with Crippen LogP contribution in [0.4, 0.5) is 0 Å². The number of thiophene rings is 1. The van der Waals surface area contributed by atoms with Gasteiger partial charge in [-0.15, -0.1) is 11.3 Å². The van der Waals surface area contributed by atoms with E-state index in [1.165, 1.54) is 28.0 Å². The molecule has 0 saturated heterocycles. The topological polar surface area (TPSA) is 29.1 Å². The molecule has 1 heterocycles. The minimum Gasteiger partial charge on any atom is -0.352 e. The SMILES string of the molecule is Cc1ccc(CCNC(=O)c2csc3c2CCC(C)C3)cc1. The van der Waals surface area contributed by atoms with Crippen LogP contribution in [-0.2, 0) is 19.3 Å². The molecule has 3 rings (SSSR count). The van der Waals surface area contributed by atoms with Crippen molar-refractivity contribution in [2.75, 3.05) is 6.54 Å². The van der Waals surface area contributed by atoms with Crippen LogP contribution in [0.25, 0.3) is 0 Å². The fourth-order valence-corrected chi connectivity index (χ4v) is 4.28. The second-order valence-corrected chi connectivity index (χ2v) is 7.35. The monoisotopic (exact) mass is 313 g/mol. The maximum absolute atomic E-state index is 12.4. The van der Waals surface area contributed by atoms with E-state index in [2.05, 4.69) is 43.4 Å². The highest BCUT2D eigenvalue weighted by Crippen LogP contribution is 2.32. The van der Waals surface area contributed by atoms with Gasteiger partial charge in [0.2, 0.25) is 0 Å². The maximum atomic E-state index is 12.4. The van der Waals surface area contributed by atoms with Gasteiger partial charge in [0.1, 0.15) is 0 Å². The van der Waals surface area contributed by atoms with Crippen LogP contribution in [0, 0.1) is 12.8 Å². The lowest BCUT2D eigenvalue weighted by Gasteiger charge is -2.18. The minimum atomic E-state index is 0.0964. The molecule has 0 aliphatic heterocycles. The molecule has 0 radical (unpaired) electrons. The van der Waals surface area contributed by atoms with Gasteiger partial charge in [-0.05, 0) is 49.7 Å². The summed E-state index contributed by atoms with van der Waals surface area (Å²) < 4.78 is 0. The molecule has 2 aromatic rings. The number of hydrogen-bond donors (Lipinski definition) is 1. The molecular weight excluding hydrogens is 290 g/mol. The van der Waals surface area contributed by atoms with Gasteiger partial charge in [0.25, 0.3) is 5.91 Å². The number of fused-ring (bicyclic) bond motifs is 1. The van der Waals surface area contributed by atoms with Gasteiger partial charge in [-0.2, -0.15) is 0 Å². The predicted molar refractivity (Wildman–Crippen MR) is 92.7 cm³/mol. The lowest BCUT2D eigenvalue weighted by atomic mass is 9.88. The van der Waals surface area contributed by atoms with Gasteiger partial charge < -0.3 is 5.32 Å². The zero-order valence-electron chi connectivity index (χ0n) is 13.3. The molecule has 1 amide bonds. The molecule has 22 heavy (non-hydrogen) atoms. The number of rotatable bonds is 4. The largest absolute Gasteiger partial charge is 0.352 e. The summed E-state index contributed by atoms with van der Waals surface area (Å²) in [5, 5.41) is 5.12. The van der Waals surface area contributed by atoms with Gasteiger partial charge in [-0.3, -0.25) is 4.79 Å². The normalized spacial score (nSPS) is 17.1. The quantitative estimate of drug-likeness (QED) is 0.902. The number of carbonyl (C=O) groups excluding carboxylic acids is 1. The third-order valence-corrected chi connectivity index (χ3v) is 5.52. The van der Waals surface area contributed by atoms with Crippen LogP contribution in [0.5, 0.6) is 0 Å². The fraction of sp³-hybridized carbons (Fsp3) is 0.421. The highest BCUT2D eigenvalue weighted by atomic mass is 32.1. The van der Waals surface area contributed by atoms with E-state index in [4.69, 9.17) is 0 Å². The Balaban J connectivity index is 1.57. The first-order chi connectivity index (χ1) is 10.6. The molecule has 1 aromatic carbocycles. The molecule has 1 aromatic heterocycles. The molecule has 0 spiro atoms. The molecular formula is C19H23NOS. The molecule has 0 saturated carbocycles. The van der Waals surface area contributed by atoms with Crippen LogP contribution in [0.15, 0.2) is 29.6 Å². The van der Waals surface area contributed by atoms with Crippen LogP contribution >= 0.6 is 11.3 Å². The summed E-state index contributed by atoms with van der Waals surface area (Å²) in [6.45, 7) is 5.08. The lowest BCUT2D eigenvalue weighted by molar-refractivity contribution is 0.0953. The Kier molecular flexibility index (Phi) is 4.63. The zero-order chi connectivity index (χ0) is 15.5. The molecule has 1 aliphatic carbocycles. The summed E-state index contributed by atoms with van der Waals surface area (Å²) in [5.41, 5.74) is 4.76. The Bertz CT molecular complexity index is 657. The smallest absolute Gasteiger partial charge is 0.252 e. The molecule has 1 N–H and O–H groups in total. The van der Waals surface area contributed by atoms with E-state index in [0.717, 1.165) is 30.7 Å². The Morgan fingerprint density at radius 3 is 2.86 bits per heavy atom. The summed E-state index contributed by atoms with van der Waals surface area (Å²) in [4.78, 5) is 13.8. The third-order valence-electron chi connectivity index (χ3n) is 4.47. The van der Waals surface area contributed by atoms with Gasteiger partial charge in [-0.1, -0.05) is 36.8 Å². The van der Waals surface area contributed by atoms with Gasteiger partial charge in [0, 0.05) is 16.8 Å². The van der Waals surface area contributed by atoms with Gasteiger partial charge in [0.05, 0.1) is 5.56 Å². The lowest BCUT2D eigenvalue weighted by Crippen LogP contribution is -2.26. The Morgan fingerprint density at radius 1 is 1.32 bits per heavy atom. The first kappa shape index (κ1) is 15.3. The molecule has 1 aliphatic rings. The van der Waals surface area contributed by atoms with E-state index in [0.29, 0.717) is 6.54 Å². The highest BCUT2D eigenvalue weighted by molar-refractivity contribution is 7.10. The van der Waals surface area contributed by atoms with Gasteiger partial charge >= 0.3 is 0 Å². The van der Waals surface area contributed by atoms with Crippen molar-refractivity contribution in [3.8, 4) is 0 Å². The number of aryl methyl sites for hydroxylation is 1. The van der Waals surface area contributed by atoms with Gasteiger partial charge in [-0.25, -0.2) is 0 Å². The first-order valence-corrected chi connectivity index (χ1v) is 8.94. The zero-order valence-corrected chi connectivity index (χ0v) is 14.1. The molecule has 0 fully saturated rings. The van der Waals surface area contributed by atoms with E-state index in [-0.39, 0.29) is 5.91 Å². The molecule has 1 unspecified atom stereocenters. The first-order valence-electron chi connectivity index (χ1n) is 8.06. The number of amides is 1. The molecule has 116 valence electrons. The number of nitrogens with one attached hydrogen (secondary N) is 1. The van der Waals surface area contributed by atoms with Crippen LogP contribution in [0.1, 0.15) is 45.3 Å². The summed E-state index contributed by atoms with van der Waals surface area (Å²) in [5.74, 6) is 0.850. The van der Waals surface area contributed by atoms with Crippen molar-refractivity contribution in [2.45, 2.75) is 39.5 Å². The fourth-order valence-electron chi connectivity index (χ4n) is 3.04. The average Bonchev–Trinajstić information content (AvgIpc) is 2.92. The minimum absolute atomic E-state index is 0.0964. The van der Waals surface area contributed by atoms with Crippen LogP contribution in [0.2, 0.25) is 0 Å². The summed E-state index contributed by atoms with van der Waals surface area (Å²) in [6, 6.07) is 8.51. The van der Waals surface area contributed by atoms with Crippen molar-refractivity contribution < 1.29 is 4.79 Å². The summed E-state index contributed by atoms with van der Waals surface area (Å²) >= 11 is 1.75. The molecule has 3 heteroatoms. The third kappa shape index (κ3) is 3.41. The summed E-state index contributed by atoms with van der Waals surface area (Å²) in [6.07, 6.45) is 4.28. The van der Waals surface area contributed by atoms with Crippen molar-refractivity contribution >= 4 is 17.2 Å². The van der Waals surface area contributed by atoms with E-state index in [1.54, 1.807) is 11.3 Å². The van der Waals surface area contributed by atoms with E-state index < -0.39 is 0 Å². The van der Waals surface area contributed by atoms with Crippen LogP contribution in [0.3, 0.4) is 0 Å². The molecule has 1 atom stereocenters. The van der Waals surface area contributed by atoms with Gasteiger partial charge in [0.15, 0.2) is 0 Å². The van der Waals surface area contributed by atoms with Crippen molar-refractivity contribution in [1.82, 2.24) is 5.32 Å². The van der Waals surface area contributed by atoms with Crippen molar-refractivity contribution in [2.24, 2.45) is 5.92 Å². The Morgan fingerprint density at radius 2 is 2.09 bits per heavy atom. The maximum Gasteiger partial charge on any atom is 0.252 e. The van der Waals surface area contributed by atoms with E-state index in [9.17, 15) is 4.79 Å². The van der Waals surface area contributed by atoms with Crippen LogP contribution in [-0.4, -0.2) is 12.5 Å². The number of carbonyl (C=O) groups is 1. The molecule has 2 nitrogen and oxygen atoms in total. The second kappa shape index (κ2) is 6.66. The van der Waals surface area contributed by atoms with E-state index >= 15 is 0 Å². The molecule has 0 bridgehead atoms. The van der Waals surface area contributed by atoms with E-state index in [1.807, 2.05) is 5.38 Å². The predicted octanol–water partition coefficient (Wildman–Crippen LogP) is 4.15. The van der Waals surface area contributed by atoms with Crippen molar-refractivity contribution in [1.29, 1.82) is 0 Å². The number of hydrogen-bond acceptors (Lipinski definition) is 2. The number of benzene rings is 1. The average molecular weight is 313 g/mol. The van der Waals surface area contributed by atoms with Crippen molar-refractivity contribution in [3.63, 3.8) is 0 Å². The Hall–Kier alpha value is -1.61. The van der Waals surface area contributed by atoms with Crippen LogP contribution < -0.4 is 5.32 Å². The Labute approximate surface area is 136 Å². The summed E-state index contributed by atoms with van der Waals surface area (Å²) in [7, 11) is 0. The standard InChI is InChI=1S/C19H23NOS/c1-13-3-6-15(7-4-13)9-10-20-19(21)17-12-22-18-11-14(2)5-8-16(17)18/h3-4,6-7,12,14H,5,8-11H2,1-2H3,(H,20,21). The highest BCUT2D eigenvalue weighted by Gasteiger charge is 2.22. The second-order valence-electron chi connectivity index (χ2n) is 6.39.